The summed E-state index contributed by atoms with van der Waals surface area (Å²) in [5, 5.41) is 0.450. The van der Waals surface area contributed by atoms with Crippen molar-refractivity contribution in [2.24, 2.45) is 0 Å². The van der Waals surface area contributed by atoms with Crippen molar-refractivity contribution in [3.8, 4) is 5.75 Å². The molecule has 0 saturated carbocycles. The summed E-state index contributed by atoms with van der Waals surface area (Å²) < 4.78 is 5.47. The van der Waals surface area contributed by atoms with E-state index in [1.54, 1.807) is 18.9 Å². The Bertz CT molecular complexity index is 755. The Labute approximate surface area is 160 Å². The first-order valence-corrected chi connectivity index (χ1v) is 9.91. The highest BCUT2D eigenvalue weighted by Gasteiger charge is 2.25. The molecule has 1 aliphatic heterocycles. The Morgan fingerprint density at radius 3 is 2.35 bits per heavy atom. The molecule has 1 fully saturated rings. The molecule has 0 N–H and O–H groups in total. The van der Waals surface area contributed by atoms with Gasteiger partial charge in [-0.05, 0) is 24.3 Å². The van der Waals surface area contributed by atoms with E-state index in [4.69, 9.17) is 4.74 Å². The van der Waals surface area contributed by atoms with Crippen LogP contribution in [0.15, 0.2) is 53.4 Å². The third-order valence-corrected chi connectivity index (χ3v) is 5.55. The van der Waals surface area contributed by atoms with Crippen molar-refractivity contribution in [1.29, 1.82) is 0 Å². The molecule has 0 unspecified atom stereocenters. The number of rotatable bonds is 5. The number of amides is 1. The van der Waals surface area contributed by atoms with E-state index in [0.717, 1.165) is 48.1 Å². The molecule has 0 spiro atoms. The molecule has 0 atom stereocenters. The van der Waals surface area contributed by atoms with Gasteiger partial charge < -0.3 is 14.5 Å². The van der Waals surface area contributed by atoms with Crippen LogP contribution in [-0.2, 0) is 0 Å². The molecule has 1 amide bonds. The molecule has 5 heteroatoms. The van der Waals surface area contributed by atoms with E-state index >= 15 is 0 Å². The van der Waals surface area contributed by atoms with Crippen LogP contribution in [0.2, 0.25) is 0 Å². The fourth-order valence-electron chi connectivity index (χ4n) is 3.21. The summed E-state index contributed by atoms with van der Waals surface area (Å²) in [6.45, 7) is 7.36. The van der Waals surface area contributed by atoms with Gasteiger partial charge in [-0.2, -0.15) is 0 Å². The number of carbonyl (C=O) groups excluding carboxylic acids is 1. The molecular formula is C21H26N2O2S. The lowest BCUT2D eigenvalue weighted by Crippen LogP contribution is -2.49. The molecule has 0 radical (unpaired) electrons. The molecule has 2 aromatic rings. The zero-order valence-corrected chi connectivity index (χ0v) is 16.5. The minimum absolute atomic E-state index is 0.133. The second kappa shape index (κ2) is 8.49. The van der Waals surface area contributed by atoms with E-state index in [2.05, 4.69) is 24.8 Å². The zero-order chi connectivity index (χ0) is 18.5. The fraction of sp³-hybridized carbons (Fsp3) is 0.381. The number of benzene rings is 2. The Kier molecular flexibility index (Phi) is 6.09. The van der Waals surface area contributed by atoms with Gasteiger partial charge >= 0.3 is 0 Å². The number of thioether (sulfide) groups is 1. The van der Waals surface area contributed by atoms with Crippen molar-refractivity contribution in [3.05, 3.63) is 54.1 Å². The van der Waals surface area contributed by atoms with Gasteiger partial charge in [0.2, 0.25) is 0 Å². The quantitative estimate of drug-likeness (QED) is 0.740. The van der Waals surface area contributed by atoms with Crippen LogP contribution < -0.4 is 9.64 Å². The van der Waals surface area contributed by atoms with Crippen molar-refractivity contribution in [2.45, 2.75) is 24.0 Å². The van der Waals surface area contributed by atoms with Gasteiger partial charge in [-0.1, -0.05) is 38.1 Å². The third kappa shape index (κ3) is 4.15. The highest BCUT2D eigenvalue weighted by atomic mass is 32.2. The molecule has 0 bridgehead atoms. The summed E-state index contributed by atoms with van der Waals surface area (Å²) in [5.74, 6) is 1.01. The second-order valence-corrected chi connectivity index (χ2v) is 8.23. The van der Waals surface area contributed by atoms with E-state index < -0.39 is 0 Å². The number of piperazine rings is 1. The summed E-state index contributed by atoms with van der Waals surface area (Å²) in [6.07, 6.45) is 0. The molecule has 2 aromatic carbocycles. The average molecular weight is 371 g/mol. The van der Waals surface area contributed by atoms with E-state index in [0.29, 0.717) is 5.25 Å². The van der Waals surface area contributed by atoms with Crippen LogP contribution in [0.25, 0.3) is 0 Å². The standard InChI is InChI=1S/C21H26N2O2S/c1-16(2)26-20-11-7-4-8-17(20)21(24)23-14-12-22(13-15-23)18-9-5-6-10-19(18)25-3/h4-11,16H,12-15H2,1-3H3. The fourth-order valence-corrected chi connectivity index (χ4v) is 4.16. The van der Waals surface area contributed by atoms with Gasteiger partial charge in [0.15, 0.2) is 0 Å². The van der Waals surface area contributed by atoms with E-state index in [1.807, 2.05) is 47.4 Å². The van der Waals surface area contributed by atoms with Crippen molar-refractivity contribution in [3.63, 3.8) is 0 Å². The topological polar surface area (TPSA) is 32.8 Å². The first-order chi connectivity index (χ1) is 12.6. The number of nitrogens with zero attached hydrogens (tertiary/aromatic N) is 2. The minimum atomic E-state index is 0.133. The predicted molar refractivity (Wildman–Crippen MR) is 109 cm³/mol. The predicted octanol–water partition coefficient (Wildman–Crippen LogP) is 4.16. The van der Waals surface area contributed by atoms with Crippen LogP contribution in [-0.4, -0.2) is 49.3 Å². The van der Waals surface area contributed by atoms with E-state index in [9.17, 15) is 4.79 Å². The van der Waals surface area contributed by atoms with Crippen molar-refractivity contribution < 1.29 is 9.53 Å². The Hall–Kier alpha value is -2.14. The maximum atomic E-state index is 13.0. The maximum absolute atomic E-state index is 13.0. The molecule has 1 saturated heterocycles. The number of ether oxygens (including phenoxy) is 1. The lowest BCUT2D eigenvalue weighted by atomic mass is 10.1. The van der Waals surface area contributed by atoms with Crippen LogP contribution in [0, 0.1) is 0 Å². The maximum Gasteiger partial charge on any atom is 0.255 e. The monoisotopic (exact) mass is 370 g/mol. The number of carbonyl (C=O) groups is 1. The normalized spacial score (nSPS) is 14.6. The van der Waals surface area contributed by atoms with Crippen LogP contribution in [0.1, 0.15) is 24.2 Å². The Balaban J connectivity index is 1.69. The third-order valence-electron chi connectivity index (χ3n) is 4.47. The van der Waals surface area contributed by atoms with Crippen LogP contribution in [0.3, 0.4) is 0 Å². The average Bonchev–Trinajstić information content (AvgIpc) is 2.67. The minimum Gasteiger partial charge on any atom is -0.495 e. The van der Waals surface area contributed by atoms with Crippen molar-refractivity contribution in [2.75, 3.05) is 38.2 Å². The SMILES string of the molecule is COc1ccccc1N1CCN(C(=O)c2ccccc2SC(C)C)CC1. The van der Waals surface area contributed by atoms with Gasteiger partial charge in [0.05, 0.1) is 18.4 Å². The first-order valence-electron chi connectivity index (χ1n) is 9.03. The highest BCUT2D eigenvalue weighted by molar-refractivity contribution is 8.00. The van der Waals surface area contributed by atoms with Gasteiger partial charge in [-0.25, -0.2) is 0 Å². The number of methoxy groups -OCH3 is 1. The van der Waals surface area contributed by atoms with Crippen molar-refractivity contribution in [1.82, 2.24) is 4.90 Å². The molecule has 1 heterocycles. The molecule has 0 aromatic heterocycles. The number of hydrogen-bond acceptors (Lipinski definition) is 4. The smallest absolute Gasteiger partial charge is 0.255 e. The summed E-state index contributed by atoms with van der Waals surface area (Å²) in [6, 6.07) is 16.0. The van der Waals surface area contributed by atoms with E-state index in [-0.39, 0.29) is 5.91 Å². The van der Waals surface area contributed by atoms with Gasteiger partial charge in [-0.3, -0.25) is 4.79 Å². The Morgan fingerprint density at radius 1 is 1.00 bits per heavy atom. The molecule has 1 aliphatic rings. The van der Waals surface area contributed by atoms with Crippen LogP contribution in [0.4, 0.5) is 5.69 Å². The lowest BCUT2D eigenvalue weighted by Gasteiger charge is -2.36. The van der Waals surface area contributed by atoms with E-state index in [1.165, 1.54) is 0 Å². The molecule has 138 valence electrons. The number of anilines is 1. The highest BCUT2D eigenvalue weighted by Crippen LogP contribution is 2.30. The number of hydrogen-bond donors (Lipinski definition) is 0. The first kappa shape index (κ1) is 18.6. The largest absolute Gasteiger partial charge is 0.495 e. The summed E-state index contributed by atoms with van der Waals surface area (Å²) in [5.41, 5.74) is 1.91. The second-order valence-electron chi connectivity index (χ2n) is 6.61. The van der Waals surface area contributed by atoms with Crippen LogP contribution in [0.5, 0.6) is 5.75 Å². The molecule has 26 heavy (non-hydrogen) atoms. The summed E-state index contributed by atoms with van der Waals surface area (Å²) in [4.78, 5) is 18.4. The molecule has 4 nitrogen and oxygen atoms in total. The summed E-state index contributed by atoms with van der Waals surface area (Å²) >= 11 is 1.75. The summed E-state index contributed by atoms with van der Waals surface area (Å²) in [7, 11) is 1.70. The van der Waals surface area contributed by atoms with Gasteiger partial charge in [0.1, 0.15) is 5.75 Å². The van der Waals surface area contributed by atoms with Crippen LogP contribution >= 0.6 is 11.8 Å². The van der Waals surface area contributed by atoms with Crippen molar-refractivity contribution >= 4 is 23.4 Å². The zero-order valence-electron chi connectivity index (χ0n) is 15.6. The van der Waals surface area contributed by atoms with Gasteiger partial charge in [-0.15, -0.1) is 11.8 Å². The van der Waals surface area contributed by atoms with Gasteiger partial charge in [0, 0.05) is 36.3 Å². The number of para-hydroxylation sites is 2. The molecular weight excluding hydrogens is 344 g/mol. The Morgan fingerprint density at radius 2 is 1.65 bits per heavy atom. The van der Waals surface area contributed by atoms with Gasteiger partial charge in [0.25, 0.3) is 5.91 Å². The molecule has 3 rings (SSSR count). The molecule has 0 aliphatic carbocycles. The lowest BCUT2D eigenvalue weighted by molar-refractivity contribution is 0.0743.